The normalized spacial score (nSPS) is 18.7. The van der Waals surface area contributed by atoms with Gasteiger partial charge in [0.1, 0.15) is 0 Å². The minimum Gasteiger partial charge on any atom is -0.325 e. The van der Waals surface area contributed by atoms with Crippen molar-refractivity contribution in [3.63, 3.8) is 0 Å². The highest BCUT2D eigenvalue weighted by Crippen LogP contribution is 2.11. The Labute approximate surface area is 121 Å². The zero-order valence-electron chi connectivity index (χ0n) is 12.4. The fourth-order valence-corrected chi connectivity index (χ4v) is 2.52. The van der Waals surface area contributed by atoms with Gasteiger partial charge in [0.2, 0.25) is 5.91 Å². The number of carbonyl (C=O) groups excluding carboxylic acids is 1. The van der Waals surface area contributed by atoms with E-state index in [0.717, 1.165) is 12.2 Å². The summed E-state index contributed by atoms with van der Waals surface area (Å²) in [5, 5.41) is 6.25. The molecule has 0 spiro atoms. The average molecular weight is 275 g/mol. The van der Waals surface area contributed by atoms with Gasteiger partial charge < -0.3 is 10.6 Å². The van der Waals surface area contributed by atoms with Crippen molar-refractivity contribution in [2.75, 3.05) is 25.0 Å². The van der Waals surface area contributed by atoms with E-state index in [1.54, 1.807) is 0 Å². The Balaban J connectivity index is 1.73. The Morgan fingerprint density at radius 1 is 1.20 bits per heavy atom. The molecule has 1 aliphatic heterocycles. The second kappa shape index (κ2) is 7.41. The van der Waals surface area contributed by atoms with Crippen LogP contribution in [0.2, 0.25) is 0 Å². The van der Waals surface area contributed by atoms with Crippen molar-refractivity contribution in [1.82, 2.24) is 10.2 Å². The standard InChI is InChI=1S/C16H25N3O/c1-13(19-10-6-7-11-19)12-17-14(2)16(20)18-15-8-4-3-5-9-15/h3-5,8-9,13-14,17H,6-7,10-12H2,1-2H3,(H,18,20). The molecular formula is C16H25N3O. The largest absolute Gasteiger partial charge is 0.325 e. The lowest BCUT2D eigenvalue weighted by atomic mass is 10.2. The Hall–Kier alpha value is -1.39. The number of benzene rings is 1. The number of hydrogen-bond donors (Lipinski definition) is 2. The fourth-order valence-electron chi connectivity index (χ4n) is 2.52. The van der Waals surface area contributed by atoms with Gasteiger partial charge in [-0.3, -0.25) is 9.69 Å². The second-order valence-corrected chi connectivity index (χ2v) is 5.58. The molecule has 0 saturated carbocycles. The van der Waals surface area contributed by atoms with Crippen LogP contribution in [0.1, 0.15) is 26.7 Å². The molecule has 0 aromatic heterocycles. The molecule has 1 fully saturated rings. The van der Waals surface area contributed by atoms with E-state index < -0.39 is 0 Å². The number of rotatable bonds is 6. The van der Waals surface area contributed by atoms with Crippen molar-refractivity contribution in [3.05, 3.63) is 30.3 Å². The highest BCUT2D eigenvalue weighted by Gasteiger charge is 2.19. The van der Waals surface area contributed by atoms with Gasteiger partial charge in [-0.2, -0.15) is 0 Å². The van der Waals surface area contributed by atoms with Gasteiger partial charge in [0, 0.05) is 18.3 Å². The van der Waals surface area contributed by atoms with Gasteiger partial charge in [-0.15, -0.1) is 0 Å². The quantitative estimate of drug-likeness (QED) is 0.835. The number of anilines is 1. The zero-order chi connectivity index (χ0) is 14.4. The summed E-state index contributed by atoms with van der Waals surface area (Å²) in [6.45, 7) is 7.36. The number of likely N-dealkylation sites (tertiary alicyclic amines) is 1. The third kappa shape index (κ3) is 4.32. The van der Waals surface area contributed by atoms with Gasteiger partial charge >= 0.3 is 0 Å². The molecule has 0 aliphatic carbocycles. The van der Waals surface area contributed by atoms with Crippen molar-refractivity contribution in [1.29, 1.82) is 0 Å². The molecule has 4 nitrogen and oxygen atoms in total. The molecule has 1 heterocycles. The molecule has 1 amide bonds. The smallest absolute Gasteiger partial charge is 0.241 e. The molecule has 1 aliphatic rings. The minimum absolute atomic E-state index is 0.0184. The van der Waals surface area contributed by atoms with E-state index >= 15 is 0 Å². The number of carbonyl (C=O) groups is 1. The number of para-hydroxylation sites is 1. The van der Waals surface area contributed by atoms with Crippen LogP contribution in [0.15, 0.2) is 30.3 Å². The number of nitrogens with zero attached hydrogens (tertiary/aromatic N) is 1. The summed E-state index contributed by atoms with van der Waals surface area (Å²) in [6, 6.07) is 9.89. The van der Waals surface area contributed by atoms with Crippen molar-refractivity contribution in [2.45, 2.75) is 38.8 Å². The Bertz CT molecular complexity index is 415. The molecule has 0 bridgehead atoms. The van der Waals surface area contributed by atoms with Gasteiger partial charge in [-0.1, -0.05) is 18.2 Å². The van der Waals surface area contributed by atoms with Crippen LogP contribution in [0.3, 0.4) is 0 Å². The third-order valence-corrected chi connectivity index (χ3v) is 3.92. The van der Waals surface area contributed by atoms with Crippen LogP contribution >= 0.6 is 0 Å². The molecule has 20 heavy (non-hydrogen) atoms. The first-order valence-corrected chi connectivity index (χ1v) is 7.50. The van der Waals surface area contributed by atoms with E-state index in [1.807, 2.05) is 37.3 Å². The van der Waals surface area contributed by atoms with Crippen LogP contribution in [0.5, 0.6) is 0 Å². The van der Waals surface area contributed by atoms with E-state index in [1.165, 1.54) is 25.9 Å². The lowest BCUT2D eigenvalue weighted by Gasteiger charge is -2.25. The van der Waals surface area contributed by atoms with E-state index in [2.05, 4.69) is 22.5 Å². The molecular weight excluding hydrogens is 250 g/mol. The first-order valence-electron chi connectivity index (χ1n) is 7.50. The Morgan fingerprint density at radius 3 is 2.50 bits per heavy atom. The van der Waals surface area contributed by atoms with Crippen LogP contribution in [0.4, 0.5) is 5.69 Å². The van der Waals surface area contributed by atoms with Crippen LogP contribution in [0.25, 0.3) is 0 Å². The van der Waals surface area contributed by atoms with Gasteiger partial charge in [0.05, 0.1) is 6.04 Å². The molecule has 2 rings (SSSR count). The van der Waals surface area contributed by atoms with E-state index in [0.29, 0.717) is 6.04 Å². The minimum atomic E-state index is -0.180. The first kappa shape index (κ1) is 15.0. The summed E-state index contributed by atoms with van der Waals surface area (Å²) in [6.07, 6.45) is 2.60. The summed E-state index contributed by atoms with van der Waals surface area (Å²) in [5.41, 5.74) is 0.846. The van der Waals surface area contributed by atoms with Crippen LogP contribution in [0, 0.1) is 0 Å². The maximum atomic E-state index is 12.1. The first-order chi connectivity index (χ1) is 9.66. The van der Waals surface area contributed by atoms with Crippen LogP contribution in [-0.4, -0.2) is 42.5 Å². The highest BCUT2D eigenvalue weighted by atomic mass is 16.2. The van der Waals surface area contributed by atoms with E-state index in [9.17, 15) is 4.79 Å². The number of nitrogens with one attached hydrogen (secondary N) is 2. The predicted octanol–water partition coefficient (Wildman–Crippen LogP) is 2.09. The summed E-state index contributed by atoms with van der Waals surface area (Å²) >= 11 is 0. The molecule has 2 unspecified atom stereocenters. The zero-order valence-corrected chi connectivity index (χ0v) is 12.4. The van der Waals surface area contributed by atoms with Crippen molar-refractivity contribution >= 4 is 11.6 Å². The monoisotopic (exact) mass is 275 g/mol. The lowest BCUT2D eigenvalue weighted by molar-refractivity contribution is -0.117. The highest BCUT2D eigenvalue weighted by molar-refractivity contribution is 5.94. The molecule has 1 saturated heterocycles. The molecule has 4 heteroatoms. The SMILES string of the molecule is CC(NCC(C)N1CCCC1)C(=O)Nc1ccccc1. The summed E-state index contributed by atoms with van der Waals surface area (Å²) in [7, 11) is 0. The summed E-state index contributed by atoms with van der Waals surface area (Å²) in [5.74, 6) is 0.0184. The Morgan fingerprint density at radius 2 is 1.85 bits per heavy atom. The lowest BCUT2D eigenvalue weighted by Crippen LogP contribution is -2.45. The fraction of sp³-hybridized carbons (Fsp3) is 0.562. The number of hydrogen-bond acceptors (Lipinski definition) is 3. The van der Waals surface area contributed by atoms with Gasteiger partial charge in [0.15, 0.2) is 0 Å². The summed E-state index contributed by atoms with van der Waals surface area (Å²) < 4.78 is 0. The van der Waals surface area contributed by atoms with Crippen LogP contribution < -0.4 is 10.6 Å². The topological polar surface area (TPSA) is 44.4 Å². The molecule has 0 radical (unpaired) electrons. The summed E-state index contributed by atoms with van der Waals surface area (Å²) in [4.78, 5) is 14.5. The van der Waals surface area contributed by atoms with E-state index in [4.69, 9.17) is 0 Å². The van der Waals surface area contributed by atoms with Crippen LogP contribution in [-0.2, 0) is 4.79 Å². The molecule has 2 N–H and O–H groups in total. The van der Waals surface area contributed by atoms with Crippen molar-refractivity contribution in [2.24, 2.45) is 0 Å². The average Bonchev–Trinajstić information content (AvgIpc) is 2.99. The molecule has 1 aromatic carbocycles. The molecule has 1 aromatic rings. The Kier molecular flexibility index (Phi) is 5.56. The molecule has 2 atom stereocenters. The van der Waals surface area contributed by atoms with Gasteiger partial charge in [-0.05, 0) is 51.9 Å². The maximum Gasteiger partial charge on any atom is 0.241 e. The van der Waals surface area contributed by atoms with Gasteiger partial charge in [-0.25, -0.2) is 0 Å². The van der Waals surface area contributed by atoms with Crippen molar-refractivity contribution in [3.8, 4) is 0 Å². The second-order valence-electron chi connectivity index (χ2n) is 5.58. The van der Waals surface area contributed by atoms with E-state index in [-0.39, 0.29) is 11.9 Å². The maximum absolute atomic E-state index is 12.1. The van der Waals surface area contributed by atoms with Gasteiger partial charge in [0.25, 0.3) is 0 Å². The third-order valence-electron chi connectivity index (χ3n) is 3.92. The van der Waals surface area contributed by atoms with Crippen molar-refractivity contribution < 1.29 is 4.79 Å². The number of amides is 1. The predicted molar refractivity (Wildman–Crippen MR) is 82.8 cm³/mol. The molecule has 110 valence electrons.